The summed E-state index contributed by atoms with van der Waals surface area (Å²) in [4.78, 5) is 28.1. The Bertz CT molecular complexity index is 2180. The summed E-state index contributed by atoms with van der Waals surface area (Å²) in [5.41, 5.74) is 6.25. The Morgan fingerprint density at radius 3 is 0.980 bits per heavy atom. The van der Waals surface area contributed by atoms with Crippen LogP contribution in [0.4, 0.5) is 11.4 Å². The van der Waals surface area contributed by atoms with Gasteiger partial charge in [0.15, 0.2) is 0 Å². The predicted molar refractivity (Wildman–Crippen MR) is 198 cm³/mol. The second kappa shape index (κ2) is 13.7. The summed E-state index contributed by atoms with van der Waals surface area (Å²) in [6, 6.07) is 25.1. The van der Waals surface area contributed by atoms with Gasteiger partial charge in [0.05, 0.1) is 21.2 Å². The summed E-state index contributed by atoms with van der Waals surface area (Å²) in [7, 11) is -8.96. The van der Waals surface area contributed by atoms with Crippen molar-refractivity contribution in [3.63, 3.8) is 0 Å². The Hall–Kier alpha value is -5.06. The predicted octanol–water partition coefficient (Wildman–Crippen LogP) is 8.23. The number of amides is 2. The number of hydrogen-bond donors (Lipinski definition) is 0. The van der Waals surface area contributed by atoms with Crippen LogP contribution < -0.4 is 8.61 Å². The third-order valence-corrected chi connectivity index (χ3v) is 12.6. The Balaban J connectivity index is 1.70. The molecule has 8 nitrogen and oxygen atoms in total. The molecule has 2 amide bonds. The van der Waals surface area contributed by atoms with Gasteiger partial charge in [-0.25, -0.2) is 16.8 Å². The Morgan fingerprint density at radius 1 is 0.400 bits per heavy atom. The lowest BCUT2D eigenvalue weighted by molar-refractivity contribution is 0.0996. The van der Waals surface area contributed by atoms with E-state index in [0.29, 0.717) is 11.1 Å². The van der Waals surface area contributed by atoms with Crippen LogP contribution in [0.15, 0.2) is 107 Å². The lowest BCUT2D eigenvalue weighted by Crippen LogP contribution is -2.38. The lowest BCUT2D eigenvalue weighted by Gasteiger charge is -2.27. The van der Waals surface area contributed by atoms with Gasteiger partial charge in [-0.05, 0) is 149 Å². The highest BCUT2D eigenvalue weighted by Crippen LogP contribution is 2.34. The maximum absolute atomic E-state index is 14.4. The van der Waals surface area contributed by atoms with E-state index in [1.54, 1.807) is 100 Å². The fraction of sp³-hybridized carbons (Fsp3) is 0.200. The van der Waals surface area contributed by atoms with Gasteiger partial charge in [-0.15, -0.1) is 0 Å². The largest absolute Gasteiger partial charge is 0.272 e. The molecule has 0 aromatic heterocycles. The highest BCUT2D eigenvalue weighted by atomic mass is 32.2. The van der Waals surface area contributed by atoms with Crippen molar-refractivity contribution in [1.82, 2.24) is 0 Å². The van der Waals surface area contributed by atoms with E-state index in [4.69, 9.17) is 0 Å². The maximum Gasteiger partial charge on any atom is 0.272 e. The van der Waals surface area contributed by atoms with Crippen LogP contribution >= 0.6 is 0 Å². The Labute approximate surface area is 295 Å². The lowest BCUT2D eigenvalue weighted by atomic mass is 10.1. The molecule has 0 heterocycles. The topological polar surface area (TPSA) is 109 Å². The molecule has 0 unspecified atom stereocenters. The monoisotopic (exact) mass is 708 g/mol. The van der Waals surface area contributed by atoms with Gasteiger partial charge in [0.25, 0.3) is 31.9 Å². The second-order valence-corrected chi connectivity index (χ2v) is 16.3. The Morgan fingerprint density at radius 2 is 0.680 bits per heavy atom. The average molecular weight is 709 g/mol. The fourth-order valence-electron chi connectivity index (χ4n) is 5.70. The summed E-state index contributed by atoms with van der Waals surface area (Å²) in [6.45, 7) is 14.4. The van der Waals surface area contributed by atoms with Crippen LogP contribution in [0, 0.1) is 55.4 Å². The number of benzene rings is 5. The van der Waals surface area contributed by atoms with Gasteiger partial charge >= 0.3 is 0 Å². The molecule has 0 saturated heterocycles. The van der Waals surface area contributed by atoms with Crippen molar-refractivity contribution in [3.8, 4) is 0 Å². The zero-order chi connectivity index (χ0) is 36.7. The highest BCUT2D eigenvalue weighted by molar-refractivity contribution is 7.94. The number of sulfonamides is 2. The van der Waals surface area contributed by atoms with Crippen molar-refractivity contribution >= 4 is 43.2 Å². The second-order valence-electron chi connectivity index (χ2n) is 12.8. The zero-order valence-corrected chi connectivity index (χ0v) is 31.0. The van der Waals surface area contributed by atoms with Gasteiger partial charge in [-0.3, -0.25) is 9.59 Å². The molecule has 10 heteroatoms. The standard InChI is InChI=1S/C40H40N2O6S2/c1-25-9-13-33(14-10-25)39(43)41(49(45,46)37-23-29(5)27(3)21-31(37)7)35-17-19-36(20-18-35)42(40(44)34-15-11-26(2)12-16-34)50(47,48)38-24-30(6)28(4)22-32(38)8/h9-24H,1-8H3. The van der Waals surface area contributed by atoms with Crippen LogP contribution in [0.25, 0.3) is 0 Å². The van der Waals surface area contributed by atoms with E-state index in [0.717, 1.165) is 42.0 Å². The van der Waals surface area contributed by atoms with Gasteiger partial charge in [-0.2, -0.15) is 8.61 Å². The van der Waals surface area contributed by atoms with E-state index in [1.807, 2.05) is 27.7 Å². The number of aryl methyl sites for hydroxylation is 8. The van der Waals surface area contributed by atoms with E-state index in [2.05, 4.69) is 0 Å². The highest BCUT2D eigenvalue weighted by Gasteiger charge is 2.36. The summed E-state index contributed by atoms with van der Waals surface area (Å²) >= 11 is 0. The molecule has 0 saturated carbocycles. The smallest absolute Gasteiger partial charge is 0.268 e. The van der Waals surface area contributed by atoms with E-state index < -0.39 is 31.9 Å². The quantitative estimate of drug-likeness (QED) is 0.161. The van der Waals surface area contributed by atoms with E-state index >= 15 is 0 Å². The SMILES string of the molecule is Cc1ccc(C(=O)N(c2ccc(N(C(=O)c3ccc(C)cc3)S(=O)(=O)c3cc(C)c(C)cc3C)cc2)S(=O)(=O)c2cc(C)c(C)cc2C)cc1. The molecule has 258 valence electrons. The van der Waals surface area contributed by atoms with Crippen molar-refractivity contribution < 1.29 is 26.4 Å². The minimum Gasteiger partial charge on any atom is -0.268 e. The van der Waals surface area contributed by atoms with Crippen molar-refractivity contribution in [2.45, 2.75) is 65.2 Å². The first-order valence-corrected chi connectivity index (χ1v) is 18.9. The number of carbonyl (C=O) groups excluding carboxylic acids is 2. The molecule has 5 rings (SSSR count). The summed E-state index contributed by atoms with van der Waals surface area (Å²) in [5, 5.41) is 0. The summed E-state index contributed by atoms with van der Waals surface area (Å²) < 4.78 is 59.2. The van der Waals surface area contributed by atoms with Crippen LogP contribution in [-0.2, 0) is 20.0 Å². The van der Waals surface area contributed by atoms with Gasteiger partial charge in [-0.1, -0.05) is 47.5 Å². The Kier molecular flexibility index (Phi) is 9.92. The average Bonchev–Trinajstić information content (AvgIpc) is 3.05. The van der Waals surface area contributed by atoms with Crippen LogP contribution in [0.3, 0.4) is 0 Å². The van der Waals surface area contributed by atoms with E-state index in [9.17, 15) is 26.4 Å². The molecule has 5 aromatic rings. The third-order valence-electron chi connectivity index (χ3n) is 8.90. The molecular weight excluding hydrogens is 669 g/mol. The third kappa shape index (κ3) is 6.86. The van der Waals surface area contributed by atoms with Gasteiger partial charge in [0.1, 0.15) is 0 Å². The molecular formula is C40H40N2O6S2. The molecule has 0 aliphatic carbocycles. The molecule has 0 radical (unpaired) electrons. The number of rotatable bonds is 8. The molecule has 0 bridgehead atoms. The van der Waals surface area contributed by atoms with Gasteiger partial charge in [0, 0.05) is 11.1 Å². The number of nitrogens with zero attached hydrogens (tertiary/aromatic N) is 2. The van der Waals surface area contributed by atoms with Crippen LogP contribution in [-0.4, -0.2) is 28.6 Å². The van der Waals surface area contributed by atoms with Crippen molar-refractivity contribution in [2.24, 2.45) is 0 Å². The first-order valence-electron chi connectivity index (χ1n) is 16.0. The maximum atomic E-state index is 14.4. The fourth-order valence-corrected chi connectivity index (χ4v) is 9.12. The molecule has 0 fully saturated rings. The first-order chi connectivity index (χ1) is 23.4. The van der Waals surface area contributed by atoms with Crippen molar-refractivity contribution in [3.05, 3.63) is 153 Å². The minimum atomic E-state index is -4.48. The molecule has 0 aliphatic heterocycles. The zero-order valence-electron chi connectivity index (χ0n) is 29.4. The molecule has 0 atom stereocenters. The van der Waals surface area contributed by atoms with Crippen molar-refractivity contribution in [1.29, 1.82) is 0 Å². The molecule has 50 heavy (non-hydrogen) atoms. The van der Waals surface area contributed by atoms with Crippen LogP contribution in [0.1, 0.15) is 65.2 Å². The van der Waals surface area contributed by atoms with Gasteiger partial charge in [0.2, 0.25) is 0 Å². The molecule has 0 aliphatic rings. The molecule has 0 spiro atoms. The van der Waals surface area contributed by atoms with Crippen LogP contribution in [0.2, 0.25) is 0 Å². The van der Waals surface area contributed by atoms with E-state index in [-0.39, 0.29) is 32.3 Å². The normalized spacial score (nSPS) is 11.7. The summed E-state index contributed by atoms with van der Waals surface area (Å²) in [6.07, 6.45) is 0. The minimum absolute atomic E-state index is 0.0283. The molecule has 0 N–H and O–H groups in total. The van der Waals surface area contributed by atoms with Gasteiger partial charge < -0.3 is 0 Å². The van der Waals surface area contributed by atoms with Crippen molar-refractivity contribution in [2.75, 3.05) is 8.61 Å². The van der Waals surface area contributed by atoms with Crippen LogP contribution in [0.5, 0.6) is 0 Å². The number of hydrogen-bond acceptors (Lipinski definition) is 6. The number of anilines is 2. The van der Waals surface area contributed by atoms with E-state index in [1.165, 1.54) is 24.3 Å². The summed E-state index contributed by atoms with van der Waals surface area (Å²) in [5.74, 6) is -1.58. The first kappa shape index (κ1) is 36.2. The number of carbonyl (C=O) groups is 2. The molecule has 5 aromatic carbocycles.